The quantitative estimate of drug-likeness (QED) is 0.521. The van der Waals surface area contributed by atoms with Gasteiger partial charge < -0.3 is 0 Å². The van der Waals surface area contributed by atoms with Crippen molar-refractivity contribution in [2.75, 3.05) is 0 Å². The average Bonchev–Trinajstić information content (AvgIpc) is 2.32. The summed E-state index contributed by atoms with van der Waals surface area (Å²) in [6.45, 7) is 6.37. The third-order valence-corrected chi connectivity index (χ3v) is 2.47. The van der Waals surface area contributed by atoms with Gasteiger partial charge >= 0.3 is 0 Å². The van der Waals surface area contributed by atoms with Crippen LogP contribution in [-0.4, -0.2) is 0 Å². The first-order valence-corrected chi connectivity index (χ1v) is 5.79. The Bertz CT molecular complexity index is 384. The van der Waals surface area contributed by atoms with E-state index in [-0.39, 0.29) is 29.7 Å². The molecule has 0 fully saturated rings. The second-order valence-corrected chi connectivity index (χ2v) is 3.99. The first-order chi connectivity index (χ1) is 7.72. The highest BCUT2D eigenvalue weighted by molar-refractivity contribution is 5.20. The molecule has 2 aromatic rings. The summed E-state index contributed by atoms with van der Waals surface area (Å²) in [5.74, 6) is 0. The molecule has 0 aliphatic heterocycles. The van der Waals surface area contributed by atoms with Crippen molar-refractivity contribution in [1.29, 1.82) is 0 Å². The van der Waals surface area contributed by atoms with Gasteiger partial charge in [0, 0.05) is 0 Å². The van der Waals surface area contributed by atoms with Gasteiger partial charge in [-0.15, -0.1) is 0 Å². The zero-order valence-electron chi connectivity index (χ0n) is 10.4. The molecule has 20 heavy (non-hydrogen) atoms. The summed E-state index contributed by atoms with van der Waals surface area (Å²) >= 11 is 0. The summed E-state index contributed by atoms with van der Waals surface area (Å²) < 4.78 is 0. The van der Waals surface area contributed by atoms with Gasteiger partial charge in [0.25, 0.3) is 0 Å². The van der Waals surface area contributed by atoms with E-state index in [2.05, 4.69) is 57.2 Å². The van der Waals surface area contributed by atoms with Crippen molar-refractivity contribution >= 4 is 0 Å². The Labute approximate surface area is 128 Å². The molecule has 0 aliphatic rings. The molecule has 0 aromatic heterocycles. The zero-order chi connectivity index (χ0) is 11.8. The second kappa shape index (κ2) is 15.5. The molecule has 116 valence electrons. The SMILES string of the molecule is C.C.C.C.CCc1ccc(C)cc1.Cc1ccccc1. The Hall–Kier alpha value is -1.56. The minimum Gasteiger partial charge on any atom is -0.0776 e. The monoisotopic (exact) mass is 276 g/mol. The molecule has 2 rings (SSSR count). The summed E-state index contributed by atoms with van der Waals surface area (Å²) in [4.78, 5) is 0. The first kappa shape index (κ1) is 26.9. The molecule has 0 radical (unpaired) electrons. The highest BCUT2D eigenvalue weighted by Gasteiger charge is 1.84. The molecule has 0 unspecified atom stereocenters. The van der Waals surface area contributed by atoms with Crippen molar-refractivity contribution in [3.63, 3.8) is 0 Å². The molecule has 0 heteroatoms. The van der Waals surface area contributed by atoms with Crippen LogP contribution in [0.3, 0.4) is 0 Å². The normalized spacial score (nSPS) is 7.35. The van der Waals surface area contributed by atoms with Crippen LogP contribution >= 0.6 is 0 Å². The highest BCUT2D eigenvalue weighted by atomic mass is 13.9. The summed E-state index contributed by atoms with van der Waals surface area (Å²) in [5, 5.41) is 0. The van der Waals surface area contributed by atoms with Gasteiger partial charge in [0.15, 0.2) is 0 Å². The van der Waals surface area contributed by atoms with Gasteiger partial charge in [-0.1, -0.05) is 102 Å². The minimum absolute atomic E-state index is 0. The maximum atomic E-state index is 2.18. The molecular formula is C20H36. The van der Waals surface area contributed by atoms with Crippen LogP contribution in [0.25, 0.3) is 0 Å². The predicted octanol–water partition coefficient (Wildman–Crippen LogP) is 7.10. The maximum Gasteiger partial charge on any atom is -0.0307 e. The minimum atomic E-state index is 0. The molecular weight excluding hydrogens is 240 g/mol. The van der Waals surface area contributed by atoms with Crippen molar-refractivity contribution in [2.45, 2.75) is 56.9 Å². The Balaban J connectivity index is -0.000000109. The fourth-order valence-electron chi connectivity index (χ4n) is 1.36. The molecule has 0 bridgehead atoms. The molecule has 0 spiro atoms. The van der Waals surface area contributed by atoms with E-state index in [0.29, 0.717) is 0 Å². The third kappa shape index (κ3) is 11.5. The number of benzene rings is 2. The van der Waals surface area contributed by atoms with Gasteiger partial charge in [0.2, 0.25) is 0 Å². The van der Waals surface area contributed by atoms with Gasteiger partial charge in [0.05, 0.1) is 0 Å². The van der Waals surface area contributed by atoms with Gasteiger partial charge in [0.1, 0.15) is 0 Å². The fourth-order valence-corrected chi connectivity index (χ4v) is 1.36. The van der Waals surface area contributed by atoms with Crippen LogP contribution in [-0.2, 0) is 6.42 Å². The van der Waals surface area contributed by atoms with Crippen molar-refractivity contribution < 1.29 is 0 Å². The fraction of sp³-hybridized carbons (Fsp3) is 0.400. The number of hydrogen-bond acceptors (Lipinski definition) is 0. The summed E-state index contributed by atoms with van der Waals surface area (Å²) in [7, 11) is 0. The standard InChI is InChI=1S/C9H12.C7H8.4CH4/c1-3-9-6-4-8(2)5-7-9;1-7-5-3-2-4-6-7;;;;/h4-7H,3H2,1-2H3;2-6H,1H3;4*1H4. The summed E-state index contributed by atoms with van der Waals surface area (Å²) in [5.41, 5.74) is 4.08. The number of hydrogen-bond donors (Lipinski definition) is 0. The van der Waals surface area contributed by atoms with Gasteiger partial charge in [-0.2, -0.15) is 0 Å². The molecule has 0 nitrogen and oxygen atoms in total. The van der Waals surface area contributed by atoms with E-state index in [1.165, 1.54) is 16.7 Å². The van der Waals surface area contributed by atoms with Crippen LogP contribution < -0.4 is 0 Å². The summed E-state index contributed by atoms with van der Waals surface area (Å²) in [6, 6.07) is 18.9. The van der Waals surface area contributed by atoms with Gasteiger partial charge in [-0.05, 0) is 25.8 Å². The molecule has 0 atom stereocenters. The van der Waals surface area contributed by atoms with E-state index in [4.69, 9.17) is 0 Å². The predicted molar refractivity (Wildman–Crippen MR) is 98.7 cm³/mol. The largest absolute Gasteiger partial charge is 0.0776 e. The van der Waals surface area contributed by atoms with Crippen molar-refractivity contribution in [3.05, 3.63) is 71.3 Å². The lowest BCUT2D eigenvalue weighted by atomic mass is 10.1. The topological polar surface area (TPSA) is 0 Å². The molecule has 0 heterocycles. The van der Waals surface area contributed by atoms with E-state index >= 15 is 0 Å². The van der Waals surface area contributed by atoms with E-state index in [0.717, 1.165) is 6.42 Å². The Kier molecular flexibility index (Phi) is 20.8. The number of rotatable bonds is 1. The van der Waals surface area contributed by atoms with Crippen LogP contribution in [0.4, 0.5) is 0 Å². The highest BCUT2D eigenvalue weighted by Crippen LogP contribution is 2.02. The average molecular weight is 277 g/mol. The van der Waals surface area contributed by atoms with Crippen LogP contribution in [0.5, 0.6) is 0 Å². The van der Waals surface area contributed by atoms with Crippen LogP contribution in [0.1, 0.15) is 53.3 Å². The van der Waals surface area contributed by atoms with Gasteiger partial charge in [-0.25, -0.2) is 0 Å². The van der Waals surface area contributed by atoms with Crippen LogP contribution in [0.15, 0.2) is 54.6 Å². The Morgan fingerprint density at radius 2 is 1.00 bits per heavy atom. The maximum absolute atomic E-state index is 2.18. The zero-order valence-corrected chi connectivity index (χ0v) is 10.4. The van der Waals surface area contributed by atoms with E-state index in [9.17, 15) is 0 Å². The molecule has 0 amide bonds. The van der Waals surface area contributed by atoms with Crippen molar-refractivity contribution in [1.82, 2.24) is 0 Å². The molecule has 0 saturated carbocycles. The lowest BCUT2D eigenvalue weighted by molar-refractivity contribution is 1.14. The van der Waals surface area contributed by atoms with E-state index in [1.807, 2.05) is 18.2 Å². The van der Waals surface area contributed by atoms with Gasteiger partial charge in [-0.3, -0.25) is 0 Å². The van der Waals surface area contributed by atoms with E-state index < -0.39 is 0 Å². The van der Waals surface area contributed by atoms with E-state index in [1.54, 1.807) is 0 Å². The summed E-state index contributed by atoms with van der Waals surface area (Å²) in [6.07, 6.45) is 1.14. The van der Waals surface area contributed by atoms with Crippen molar-refractivity contribution in [3.8, 4) is 0 Å². The Morgan fingerprint density at radius 1 is 0.600 bits per heavy atom. The molecule has 0 N–H and O–H groups in total. The lowest BCUT2D eigenvalue weighted by Crippen LogP contribution is -1.77. The van der Waals surface area contributed by atoms with Crippen LogP contribution in [0, 0.1) is 13.8 Å². The third-order valence-electron chi connectivity index (χ3n) is 2.47. The second-order valence-electron chi connectivity index (χ2n) is 3.99. The number of aryl methyl sites for hydroxylation is 3. The molecule has 0 aliphatic carbocycles. The van der Waals surface area contributed by atoms with Crippen LogP contribution in [0.2, 0.25) is 0 Å². The molecule has 0 saturated heterocycles. The molecule has 2 aromatic carbocycles. The first-order valence-electron chi connectivity index (χ1n) is 5.79. The lowest BCUT2D eigenvalue weighted by Gasteiger charge is -1.94. The Morgan fingerprint density at radius 3 is 1.30 bits per heavy atom. The smallest absolute Gasteiger partial charge is 0.0307 e. The van der Waals surface area contributed by atoms with Crippen molar-refractivity contribution in [2.24, 2.45) is 0 Å².